The van der Waals surface area contributed by atoms with E-state index in [2.05, 4.69) is 4.98 Å². The third kappa shape index (κ3) is 3.59. The molecule has 0 saturated carbocycles. The van der Waals surface area contributed by atoms with Crippen molar-refractivity contribution < 1.29 is 17.6 Å². The summed E-state index contributed by atoms with van der Waals surface area (Å²) in [6.07, 6.45) is 0.516. The molecular formula is C16H20N2O4S2. The first-order valence-electron chi connectivity index (χ1n) is 7.93. The van der Waals surface area contributed by atoms with Crippen LogP contribution >= 0.6 is 11.8 Å². The Balaban J connectivity index is 1.71. The van der Waals surface area contributed by atoms with Crippen LogP contribution < -0.4 is 0 Å². The zero-order valence-electron chi connectivity index (χ0n) is 13.6. The van der Waals surface area contributed by atoms with Crippen molar-refractivity contribution in [3.05, 3.63) is 24.3 Å². The number of hydrogen-bond donors (Lipinski definition) is 0. The number of hydrogen-bond acceptors (Lipinski definition) is 6. The summed E-state index contributed by atoms with van der Waals surface area (Å²) >= 11 is 1.26. The lowest BCUT2D eigenvalue weighted by molar-refractivity contribution is -0.131. The SMILES string of the molecule is CCN(C(=O)[C@H](C)Sc1nc2ccccc2o1)[C@H]1CCS(=O)(=O)C1. The van der Waals surface area contributed by atoms with Crippen molar-refractivity contribution in [2.45, 2.75) is 36.8 Å². The number of benzene rings is 1. The van der Waals surface area contributed by atoms with E-state index in [0.717, 1.165) is 5.52 Å². The van der Waals surface area contributed by atoms with Gasteiger partial charge in [-0.3, -0.25) is 4.79 Å². The van der Waals surface area contributed by atoms with Crippen LogP contribution in [0.4, 0.5) is 0 Å². The average molecular weight is 368 g/mol. The maximum absolute atomic E-state index is 12.7. The summed E-state index contributed by atoms with van der Waals surface area (Å²) < 4.78 is 29.0. The molecule has 0 radical (unpaired) electrons. The lowest BCUT2D eigenvalue weighted by Crippen LogP contribution is -2.44. The van der Waals surface area contributed by atoms with Gasteiger partial charge in [-0.15, -0.1) is 0 Å². The van der Waals surface area contributed by atoms with Crippen LogP contribution in [0.5, 0.6) is 0 Å². The number of para-hydroxylation sites is 2. The molecule has 0 N–H and O–H groups in total. The van der Waals surface area contributed by atoms with Crippen molar-refractivity contribution in [2.24, 2.45) is 0 Å². The van der Waals surface area contributed by atoms with Crippen LogP contribution in [-0.2, 0) is 14.6 Å². The molecule has 2 aromatic rings. The number of carbonyl (C=O) groups is 1. The topological polar surface area (TPSA) is 80.5 Å². The summed E-state index contributed by atoms with van der Waals surface area (Å²) in [5, 5.41) is 0.0634. The molecule has 3 rings (SSSR count). The largest absolute Gasteiger partial charge is 0.431 e. The van der Waals surface area contributed by atoms with E-state index in [1.165, 1.54) is 11.8 Å². The predicted octanol–water partition coefficient (Wildman–Crippen LogP) is 2.34. The third-order valence-electron chi connectivity index (χ3n) is 4.17. The first kappa shape index (κ1) is 17.3. The molecule has 24 heavy (non-hydrogen) atoms. The van der Waals surface area contributed by atoms with Gasteiger partial charge in [0.05, 0.1) is 16.8 Å². The Morgan fingerprint density at radius 1 is 1.46 bits per heavy atom. The molecule has 0 spiro atoms. The summed E-state index contributed by atoms with van der Waals surface area (Å²) in [6, 6.07) is 7.22. The van der Waals surface area contributed by atoms with E-state index in [0.29, 0.717) is 23.8 Å². The van der Waals surface area contributed by atoms with Gasteiger partial charge < -0.3 is 9.32 Å². The molecule has 1 aromatic carbocycles. The van der Waals surface area contributed by atoms with Crippen LogP contribution in [0.1, 0.15) is 20.3 Å². The van der Waals surface area contributed by atoms with E-state index < -0.39 is 9.84 Å². The quantitative estimate of drug-likeness (QED) is 0.754. The molecule has 6 nitrogen and oxygen atoms in total. The number of aromatic nitrogens is 1. The van der Waals surface area contributed by atoms with Crippen molar-refractivity contribution in [3.8, 4) is 0 Å². The van der Waals surface area contributed by atoms with Gasteiger partial charge in [0.1, 0.15) is 5.52 Å². The number of oxazole rings is 1. The smallest absolute Gasteiger partial charge is 0.257 e. The van der Waals surface area contributed by atoms with Crippen LogP contribution in [0.15, 0.2) is 33.9 Å². The fourth-order valence-corrected chi connectivity index (χ4v) is 5.51. The van der Waals surface area contributed by atoms with Crippen LogP contribution in [0.2, 0.25) is 0 Å². The van der Waals surface area contributed by atoms with Crippen LogP contribution in [-0.4, -0.2) is 53.6 Å². The van der Waals surface area contributed by atoms with E-state index in [9.17, 15) is 13.2 Å². The summed E-state index contributed by atoms with van der Waals surface area (Å²) in [6.45, 7) is 4.17. The molecular weight excluding hydrogens is 348 g/mol. The fraction of sp³-hybridized carbons (Fsp3) is 0.500. The Bertz CT molecular complexity index is 814. The second-order valence-corrected chi connectivity index (χ2v) is 9.41. The Labute approximate surface area is 145 Å². The highest BCUT2D eigenvalue weighted by molar-refractivity contribution is 8.00. The van der Waals surface area contributed by atoms with Gasteiger partial charge >= 0.3 is 0 Å². The normalized spacial score (nSPS) is 21.0. The first-order valence-corrected chi connectivity index (χ1v) is 10.6. The molecule has 1 aliphatic rings. The molecule has 1 saturated heterocycles. The van der Waals surface area contributed by atoms with Gasteiger partial charge in [-0.25, -0.2) is 13.4 Å². The Morgan fingerprint density at radius 2 is 2.21 bits per heavy atom. The number of amides is 1. The van der Waals surface area contributed by atoms with Crippen molar-refractivity contribution in [2.75, 3.05) is 18.1 Å². The molecule has 2 atom stereocenters. The van der Waals surface area contributed by atoms with Gasteiger partial charge in [0.2, 0.25) is 5.91 Å². The molecule has 8 heteroatoms. The maximum Gasteiger partial charge on any atom is 0.257 e. The summed E-state index contributed by atoms with van der Waals surface area (Å²) in [5.41, 5.74) is 1.45. The lowest BCUT2D eigenvalue weighted by Gasteiger charge is -2.28. The van der Waals surface area contributed by atoms with Crippen molar-refractivity contribution in [1.29, 1.82) is 0 Å². The highest BCUT2D eigenvalue weighted by atomic mass is 32.2. The highest BCUT2D eigenvalue weighted by Gasteiger charge is 2.35. The molecule has 1 aromatic heterocycles. The molecule has 0 aliphatic carbocycles. The second-order valence-electron chi connectivity index (χ2n) is 5.89. The average Bonchev–Trinajstić information content (AvgIpc) is 3.10. The monoisotopic (exact) mass is 368 g/mol. The zero-order valence-corrected chi connectivity index (χ0v) is 15.3. The molecule has 2 heterocycles. The van der Waals surface area contributed by atoms with E-state index in [-0.39, 0.29) is 28.7 Å². The summed E-state index contributed by atoms with van der Waals surface area (Å²) in [4.78, 5) is 18.8. The van der Waals surface area contributed by atoms with Gasteiger partial charge in [-0.05, 0) is 32.4 Å². The molecule has 0 bridgehead atoms. The van der Waals surface area contributed by atoms with Crippen LogP contribution in [0, 0.1) is 0 Å². The van der Waals surface area contributed by atoms with Gasteiger partial charge in [-0.2, -0.15) is 0 Å². The van der Waals surface area contributed by atoms with Crippen LogP contribution in [0.3, 0.4) is 0 Å². The first-order chi connectivity index (χ1) is 11.4. The number of carbonyl (C=O) groups excluding carboxylic acids is 1. The van der Waals surface area contributed by atoms with Gasteiger partial charge in [0.25, 0.3) is 5.22 Å². The molecule has 1 aliphatic heterocycles. The third-order valence-corrected chi connectivity index (χ3v) is 6.85. The van der Waals surface area contributed by atoms with E-state index in [4.69, 9.17) is 4.42 Å². The lowest BCUT2D eigenvalue weighted by atomic mass is 10.2. The zero-order chi connectivity index (χ0) is 17.3. The van der Waals surface area contributed by atoms with Gasteiger partial charge in [-0.1, -0.05) is 23.9 Å². The number of nitrogens with zero attached hydrogens (tertiary/aromatic N) is 2. The van der Waals surface area contributed by atoms with Crippen molar-refractivity contribution in [3.63, 3.8) is 0 Å². The molecule has 130 valence electrons. The minimum Gasteiger partial charge on any atom is -0.431 e. The number of fused-ring (bicyclic) bond motifs is 1. The Hall–Kier alpha value is -1.54. The summed E-state index contributed by atoms with van der Waals surface area (Å²) in [5.74, 6) is 0.146. The maximum atomic E-state index is 12.7. The second kappa shape index (κ2) is 6.76. The Morgan fingerprint density at radius 3 is 2.83 bits per heavy atom. The van der Waals surface area contributed by atoms with Crippen molar-refractivity contribution in [1.82, 2.24) is 9.88 Å². The van der Waals surface area contributed by atoms with E-state index in [1.54, 1.807) is 11.8 Å². The highest BCUT2D eigenvalue weighted by Crippen LogP contribution is 2.28. The molecule has 0 unspecified atom stereocenters. The van der Waals surface area contributed by atoms with E-state index >= 15 is 0 Å². The number of sulfone groups is 1. The van der Waals surface area contributed by atoms with E-state index in [1.807, 2.05) is 31.2 Å². The minimum atomic E-state index is -3.02. The minimum absolute atomic E-state index is 0.0624. The summed E-state index contributed by atoms with van der Waals surface area (Å²) in [7, 11) is -3.02. The standard InChI is InChI=1S/C16H20N2O4S2/c1-3-18(12-8-9-24(20,21)10-12)15(19)11(2)23-16-17-13-6-4-5-7-14(13)22-16/h4-7,11-12H,3,8-10H2,1-2H3/t11-,12-/m0/s1. The fourth-order valence-electron chi connectivity index (χ4n) is 2.95. The predicted molar refractivity (Wildman–Crippen MR) is 93.8 cm³/mol. The number of thioether (sulfide) groups is 1. The number of rotatable bonds is 5. The van der Waals surface area contributed by atoms with Gasteiger partial charge in [0.15, 0.2) is 15.4 Å². The molecule has 1 fully saturated rings. The Kier molecular flexibility index (Phi) is 4.87. The van der Waals surface area contributed by atoms with Crippen molar-refractivity contribution >= 4 is 38.6 Å². The van der Waals surface area contributed by atoms with Crippen LogP contribution in [0.25, 0.3) is 11.1 Å². The molecule has 1 amide bonds. The van der Waals surface area contributed by atoms with Gasteiger partial charge in [0, 0.05) is 12.6 Å².